The Morgan fingerprint density at radius 2 is 2.31 bits per heavy atom. The minimum absolute atomic E-state index is 0.236. The fourth-order valence-electron chi connectivity index (χ4n) is 2.26. The van der Waals surface area contributed by atoms with Crippen molar-refractivity contribution in [1.29, 1.82) is 0 Å². The van der Waals surface area contributed by atoms with Crippen LogP contribution in [0.15, 0.2) is 18.3 Å². The lowest BCUT2D eigenvalue weighted by Gasteiger charge is -2.24. The molecular weight excluding hydrogens is 207 g/mol. The fourth-order valence-corrected chi connectivity index (χ4v) is 2.26. The zero-order valence-corrected chi connectivity index (χ0v) is 9.16. The van der Waals surface area contributed by atoms with Gasteiger partial charge in [0.15, 0.2) is 11.6 Å². The maximum atomic E-state index is 13.6. The maximum Gasteiger partial charge on any atom is 0.165 e. The van der Waals surface area contributed by atoms with Crippen LogP contribution in [-0.2, 0) is 4.74 Å². The normalized spacial score (nSPS) is 23.2. The molecule has 0 radical (unpaired) electrons. The first-order valence-corrected chi connectivity index (χ1v) is 5.72. The molecule has 2 fully saturated rings. The van der Waals surface area contributed by atoms with E-state index >= 15 is 0 Å². The van der Waals surface area contributed by atoms with Crippen LogP contribution >= 0.6 is 0 Å². The molecule has 0 aromatic carbocycles. The molecule has 1 aliphatic heterocycles. The number of hydrogen-bond donors (Lipinski definition) is 0. The van der Waals surface area contributed by atoms with Crippen LogP contribution in [-0.4, -0.2) is 31.3 Å². The molecule has 4 heteroatoms. The van der Waals surface area contributed by atoms with Gasteiger partial charge in [0.2, 0.25) is 0 Å². The van der Waals surface area contributed by atoms with Crippen LogP contribution in [0.4, 0.5) is 10.2 Å². The number of aromatic nitrogens is 1. The molecule has 1 aliphatic carbocycles. The SMILES string of the molecule is Fc1cccnc1N1CCOCC2(CC2)C1. The summed E-state index contributed by atoms with van der Waals surface area (Å²) in [5.74, 6) is 0.236. The molecule has 1 spiro atoms. The van der Waals surface area contributed by atoms with Crippen LogP contribution in [0.2, 0.25) is 0 Å². The topological polar surface area (TPSA) is 25.4 Å². The Morgan fingerprint density at radius 1 is 1.44 bits per heavy atom. The summed E-state index contributed by atoms with van der Waals surface area (Å²) in [6.07, 6.45) is 4.03. The first-order valence-electron chi connectivity index (χ1n) is 5.72. The van der Waals surface area contributed by atoms with Gasteiger partial charge in [0.1, 0.15) is 0 Å². The Hall–Kier alpha value is -1.16. The van der Waals surface area contributed by atoms with Crippen molar-refractivity contribution in [3.8, 4) is 0 Å². The van der Waals surface area contributed by atoms with Crippen molar-refractivity contribution in [1.82, 2.24) is 4.98 Å². The molecule has 0 bridgehead atoms. The van der Waals surface area contributed by atoms with Gasteiger partial charge in [-0.25, -0.2) is 9.37 Å². The molecule has 1 saturated carbocycles. The van der Waals surface area contributed by atoms with Gasteiger partial charge in [0, 0.05) is 24.7 Å². The number of halogens is 1. The number of hydrogen-bond acceptors (Lipinski definition) is 3. The van der Waals surface area contributed by atoms with E-state index in [1.165, 1.54) is 18.9 Å². The minimum atomic E-state index is -0.236. The average molecular weight is 222 g/mol. The number of ether oxygens (including phenoxy) is 1. The molecule has 0 unspecified atom stereocenters. The van der Waals surface area contributed by atoms with Gasteiger partial charge in [-0.1, -0.05) is 0 Å². The summed E-state index contributed by atoms with van der Waals surface area (Å²) in [5, 5.41) is 0. The quantitative estimate of drug-likeness (QED) is 0.725. The minimum Gasteiger partial charge on any atom is -0.379 e. The molecule has 3 rings (SSSR count). The van der Waals surface area contributed by atoms with E-state index in [0.717, 1.165) is 19.7 Å². The third kappa shape index (κ3) is 1.78. The molecule has 0 N–H and O–H groups in total. The molecule has 16 heavy (non-hydrogen) atoms. The second-order valence-electron chi connectivity index (χ2n) is 4.78. The van der Waals surface area contributed by atoms with Crippen LogP contribution < -0.4 is 4.90 Å². The Labute approximate surface area is 94.2 Å². The standard InChI is InChI=1S/C12H15FN2O/c13-10-2-1-5-14-11(10)15-6-7-16-9-12(8-15)3-4-12/h1-2,5H,3-4,6-9H2. The van der Waals surface area contributed by atoms with E-state index in [1.807, 2.05) is 4.90 Å². The molecule has 3 nitrogen and oxygen atoms in total. The van der Waals surface area contributed by atoms with Crippen LogP contribution in [0.25, 0.3) is 0 Å². The molecule has 2 heterocycles. The predicted molar refractivity (Wildman–Crippen MR) is 58.9 cm³/mol. The monoisotopic (exact) mass is 222 g/mol. The second kappa shape index (κ2) is 3.70. The van der Waals surface area contributed by atoms with Crippen LogP contribution in [0.5, 0.6) is 0 Å². The van der Waals surface area contributed by atoms with Crippen molar-refractivity contribution in [2.45, 2.75) is 12.8 Å². The molecule has 2 aliphatic rings. The second-order valence-corrected chi connectivity index (χ2v) is 4.78. The molecule has 1 aromatic rings. The Kier molecular flexibility index (Phi) is 2.32. The molecule has 86 valence electrons. The number of nitrogens with zero attached hydrogens (tertiary/aromatic N) is 2. The van der Waals surface area contributed by atoms with Crippen molar-refractivity contribution < 1.29 is 9.13 Å². The van der Waals surface area contributed by atoms with Crippen LogP contribution in [0.3, 0.4) is 0 Å². The van der Waals surface area contributed by atoms with Gasteiger partial charge in [-0.05, 0) is 25.0 Å². The Morgan fingerprint density at radius 3 is 3.06 bits per heavy atom. The highest BCUT2D eigenvalue weighted by molar-refractivity contribution is 5.40. The van der Waals surface area contributed by atoms with Gasteiger partial charge in [0.25, 0.3) is 0 Å². The zero-order valence-electron chi connectivity index (χ0n) is 9.16. The fraction of sp³-hybridized carbons (Fsp3) is 0.583. The van der Waals surface area contributed by atoms with Gasteiger partial charge >= 0.3 is 0 Å². The largest absolute Gasteiger partial charge is 0.379 e. The average Bonchev–Trinajstić information content (AvgIpc) is 3.07. The highest BCUT2D eigenvalue weighted by atomic mass is 19.1. The summed E-state index contributed by atoms with van der Waals surface area (Å²) in [7, 11) is 0. The summed E-state index contributed by atoms with van der Waals surface area (Å²) in [6, 6.07) is 3.09. The lowest BCUT2D eigenvalue weighted by atomic mass is 10.1. The van der Waals surface area contributed by atoms with E-state index in [4.69, 9.17) is 4.74 Å². The predicted octanol–water partition coefficient (Wildman–Crippen LogP) is 1.84. The molecule has 0 amide bonds. The number of rotatable bonds is 1. The smallest absolute Gasteiger partial charge is 0.165 e. The Balaban J connectivity index is 1.85. The third-order valence-electron chi connectivity index (χ3n) is 3.44. The van der Waals surface area contributed by atoms with Gasteiger partial charge in [-0.3, -0.25) is 0 Å². The third-order valence-corrected chi connectivity index (χ3v) is 3.44. The van der Waals surface area contributed by atoms with Crippen molar-refractivity contribution in [3.63, 3.8) is 0 Å². The molecular formula is C12H15FN2O. The van der Waals surface area contributed by atoms with Crippen LogP contribution in [0.1, 0.15) is 12.8 Å². The maximum absolute atomic E-state index is 13.6. The lowest BCUT2D eigenvalue weighted by molar-refractivity contribution is 0.116. The van der Waals surface area contributed by atoms with E-state index in [-0.39, 0.29) is 11.2 Å². The van der Waals surface area contributed by atoms with E-state index in [1.54, 1.807) is 12.3 Å². The summed E-state index contributed by atoms with van der Waals surface area (Å²) >= 11 is 0. The highest BCUT2D eigenvalue weighted by Gasteiger charge is 2.45. The van der Waals surface area contributed by atoms with Crippen LogP contribution in [0, 0.1) is 11.2 Å². The van der Waals surface area contributed by atoms with Crippen molar-refractivity contribution in [2.24, 2.45) is 5.41 Å². The van der Waals surface area contributed by atoms with E-state index in [0.29, 0.717) is 12.4 Å². The van der Waals surface area contributed by atoms with Crippen molar-refractivity contribution in [3.05, 3.63) is 24.1 Å². The summed E-state index contributed by atoms with van der Waals surface area (Å²) in [5.41, 5.74) is 0.278. The number of anilines is 1. The molecule has 1 aromatic heterocycles. The summed E-state index contributed by atoms with van der Waals surface area (Å²) in [4.78, 5) is 6.16. The van der Waals surface area contributed by atoms with E-state index in [9.17, 15) is 4.39 Å². The van der Waals surface area contributed by atoms with E-state index in [2.05, 4.69) is 4.98 Å². The number of pyridine rings is 1. The molecule has 0 atom stereocenters. The van der Waals surface area contributed by atoms with Gasteiger partial charge in [0.05, 0.1) is 13.2 Å². The highest BCUT2D eigenvalue weighted by Crippen LogP contribution is 2.47. The first kappa shape index (κ1) is 10.0. The van der Waals surface area contributed by atoms with Gasteiger partial charge in [-0.2, -0.15) is 0 Å². The van der Waals surface area contributed by atoms with Crippen molar-refractivity contribution in [2.75, 3.05) is 31.2 Å². The van der Waals surface area contributed by atoms with Gasteiger partial charge < -0.3 is 9.64 Å². The summed E-state index contributed by atoms with van der Waals surface area (Å²) in [6.45, 7) is 3.09. The van der Waals surface area contributed by atoms with Gasteiger partial charge in [-0.15, -0.1) is 0 Å². The Bertz CT molecular complexity index is 392. The van der Waals surface area contributed by atoms with E-state index < -0.39 is 0 Å². The lowest BCUT2D eigenvalue weighted by Crippen LogP contribution is -2.32. The first-order chi connectivity index (χ1) is 7.79. The molecule has 1 saturated heterocycles. The summed E-state index contributed by atoms with van der Waals surface area (Å²) < 4.78 is 19.2. The zero-order chi connectivity index (χ0) is 11.0. The van der Waals surface area contributed by atoms with Crippen molar-refractivity contribution >= 4 is 5.82 Å².